The van der Waals surface area contributed by atoms with Gasteiger partial charge in [0, 0.05) is 0 Å². The van der Waals surface area contributed by atoms with Crippen LogP contribution in [0, 0.1) is 0 Å². The van der Waals surface area contributed by atoms with Crippen LogP contribution in [0.15, 0.2) is 48.7 Å². The van der Waals surface area contributed by atoms with Gasteiger partial charge in [0.1, 0.15) is 6.61 Å². The molecule has 0 N–H and O–H groups in total. The third-order valence-corrected chi connectivity index (χ3v) is 1.92. The number of hydrogen-bond acceptors (Lipinski definition) is 1. The summed E-state index contributed by atoms with van der Waals surface area (Å²) in [4.78, 5) is 0. The summed E-state index contributed by atoms with van der Waals surface area (Å²) in [6, 6.07) is 10.2. The smallest absolute Gasteiger partial charge is 0.105 e. The van der Waals surface area contributed by atoms with Crippen LogP contribution in [0.3, 0.4) is 0 Å². The number of ether oxygens (including phenoxy) is 1. The maximum atomic E-state index is 5.34. The Bertz CT molecular complexity index is 309. The van der Waals surface area contributed by atoms with Gasteiger partial charge in [-0.15, -0.1) is 0 Å². The van der Waals surface area contributed by atoms with Crippen molar-refractivity contribution in [2.24, 2.45) is 0 Å². The summed E-state index contributed by atoms with van der Waals surface area (Å²) >= 11 is 0. The van der Waals surface area contributed by atoms with Crippen LogP contribution in [0.2, 0.25) is 0 Å². The van der Waals surface area contributed by atoms with Crippen molar-refractivity contribution in [3.63, 3.8) is 0 Å². The molecule has 1 aromatic carbocycles. The predicted octanol–water partition coefficient (Wildman–Crippen LogP) is 3.64. The minimum Gasteiger partial charge on any atom is -0.497 e. The molecule has 1 heteroatoms. The van der Waals surface area contributed by atoms with Gasteiger partial charge in [0.15, 0.2) is 0 Å². The fraction of sp³-hybridized carbons (Fsp3) is 0.231. The molecule has 0 aliphatic rings. The van der Waals surface area contributed by atoms with Crippen molar-refractivity contribution in [2.45, 2.75) is 13.8 Å². The normalized spacial score (nSPS) is 12.0. The van der Waals surface area contributed by atoms with E-state index in [0.717, 1.165) is 5.57 Å². The van der Waals surface area contributed by atoms with Gasteiger partial charge in [-0.2, -0.15) is 0 Å². The molecule has 0 aromatic heterocycles. The largest absolute Gasteiger partial charge is 0.497 e. The van der Waals surface area contributed by atoms with Crippen molar-refractivity contribution in [3.8, 4) is 0 Å². The molecule has 0 saturated carbocycles. The van der Waals surface area contributed by atoms with Crippen molar-refractivity contribution in [1.29, 1.82) is 0 Å². The Hall–Kier alpha value is -1.50. The van der Waals surface area contributed by atoms with Gasteiger partial charge in [-0.25, -0.2) is 0 Å². The summed E-state index contributed by atoms with van der Waals surface area (Å²) in [5, 5.41) is 0. The Balaban J connectivity index is 2.52. The fourth-order valence-electron chi connectivity index (χ4n) is 1.09. The molecule has 0 radical (unpaired) electrons. The van der Waals surface area contributed by atoms with Crippen LogP contribution < -0.4 is 0 Å². The maximum Gasteiger partial charge on any atom is 0.105 e. The lowest BCUT2D eigenvalue weighted by atomic mass is 10.1. The Kier molecular flexibility index (Phi) is 4.56. The van der Waals surface area contributed by atoms with Gasteiger partial charge >= 0.3 is 0 Å². The average molecular weight is 188 g/mol. The topological polar surface area (TPSA) is 9.23 Å². The van der Waals surface area contributed by atoms with E-state index in [-0.39, 0.29) is 0 Å². The molecule has 0 amide bonds. The molecular formula is C13H16O. The molecule has 0 atom stereocenters. The van der Waals surface area contributed by atoms with Crippen LogP contribution in [-0.2, 0) is 4.74 Å². The second kappa shape index (κ2) is 6.03. The molecule has 0 spiro atoms. The zero-order valence-electron chi connectivity index (χ0n) is 8.73. The Morgan fingerprint density at radius 1 is 1.29 bits per heavy atom. The molecule has 0 saturated heterocycles. The third-order valence-electron chi connectivity index (χ3n) is 1.92. The predicted molar refractivity (Wildman–Crippen MR) is 60.9 cm³/mol. The number of rotatable bonds is 4. The molecule has 1 aromatic rings. The van der Waals surface area contributed by atoms with Crippen LogP contribution >= 0.6 is 0 Å². The van der Waals surface area contributed by atoms with Gasteiger partial charge in [0.05, 0.1) is 6.26 Å². The van der Waals surface area contributed by atoms with Crippen LogP contribution in [0.4, 0.5) is 0 Å². The van der Waals surface area contributed by atoms with Crippen molar-refractivity contribution < 1.29 is 4.74 Å². The first-order valence-electron chi connectivity index (χ1n) is 4.79. The van der Waals surface area contributed by atoms with Crippen LogP contribution in [-0.4, -0.2) is 6.61 Å². The van der Waals surface area contributed by atoms with E-state index in [2.05, 4.69) is 12.1 Å². The molecule has 0 aliphatic carbocycles. The van der Waals surface area contributed by atoms with Gasteiger partial charge in [0.2, 0.25) is 0 Å². The zero-order chi connectivity index (χ0) is 10.2. The summed E-state index contributed by atoms with van der Waals surface area (Å²) < 4.78 is 5.34. The highest BCUT2D eigenvalue weighted by Crippen LogP contribution is 2.12. The lowest BCUT2D eigenvalue weighted by Gasteiger charge is -2.01. The number of allylic oxidation sites excluding steroid dienone is 2. The van der Waals surface area contributed by atoms with Crippen molar-refractivity contribution in [1.82, 2.24) is 0 Å². The monoisotopic (exact) mass is 188 g/mol. The average Bonchev–Trinajstić information content (AvgIpc) is 2.25. The van der Waals surface area contributed by atoms with Gasteiger partial charge in [-0.1, -0.05) is 42.5 Å². The molecule has 1 nitrogen and oxygen atoms in total. The molecular weight excluding hydrogens is 172 g/mol. The standard InChI is InChI=1S/C13H16O/c1-3-4-10-14-11-12(2)13-8-6-5-7-9-13/h3-9,11H,10H2,1-2H3/b4-3+,12-11+. The van der Waals surface area contributed by atoms with E-state index in [1.54, 1.807) is 6.26 Å². The van der Waals surface area contributed by atoms with E-state index in [1.165, 1.54) is 5.56 Å². The van der Waals surface area contributed by atoms with Crippen molar-refractivity contribution in [2.75, 3.05) is 6.61 Å². The molecule has 1 rings (SSSR count). The minimum absolute atomic E-state index is 0.640. The van der Waals surface area contributed by atoms with Crippen LogP contribution in [0.1, 0.15) is 19.4 Å². The molecule has 0 unspecified atom stereocenters. The highest BCUT2D eigenvalue weighted by Gasteiger charge is 1.92. The van der Waals surface area contributed by atoms with Gasteiger partial charge in [0.25, 0.3) is 0 Å². The second-order valence-corrected chi connectivity index (χ2v) is 3.07. The first-order chi connectivity index (χ1) is 6.84. The maximum absolute atomic E-state index is 5.34. The lowest BCUT2D eigenvalue weighted by molar-refractivity contribution is 0.291. The first kappa shape index (κ1) is 10.6. The van der Waals surface area contributed by atoms with Gasteiger partial charge < -0.3 is 4.74 Å². The molecule has 74 valence electrons. The molecule has 0 aliphatic heterocycles. The van der Waals surface area contributed by atoms with Crippen LogP contribution in [0.5, 0.6) is 0 Å². The summed E-state index contributed by atoms with van der Waals surface area (Å²) in [6.45, 7) is 4.67. The highest BCUT2D eigenvalue weighted by molar-refractivity contribution is 5.62. The third kappa shape index (κ3) is 3.48. The van der Waals surface area contributed by atoms with Crippen molar-refractivity contribution >= 4 is 5.57 Å². The summed E-state index contributed by atoms with van der Waals surface area (Å²) in [6.07, 6.45) is 5.76. The quantitative estimate of drug-likeness (QED) is 0.398. The molecule has 14 heavy (non-hydrogen) atoms. The van der Waals surface area contributed by atoms with Crippen molar-refractivity contribution in [3.05, 3.63) is 54.3 Å². The van der Waals surface area contributed by atoms with E-state index >= 15 is 0 Å². The van der Waals surface area contributed by atoms with E-state index in [1.807, 2.05) is 44.2 Å². The Morgan fingerprint density at radius 2 is 2.00 bits per heavy atom. The number of hydrogen-bond donors (Lipinski definition) is 0. The Labute approximate surface area is 85.7 Å². The van der Waals surface area contributed by atoms with Crippen LogP contribution in [0.25, 0.3) is 5.57 Å². The minimum atomic E-state index is 0.640. The van der Waals surface area contributed by atoms with E-state index in [9.17, 15) is 0 Å². The first-order valence-corrected chi connectivity index (χ1v) is 4.79. The summed E-state index contributed by atoms with van der Waals surface area (Å²) in [5.41, 5.74) is 2.35. The zero-order valence-corrected chi connectivity index (χ0v) is 8.73. The molecule has 0 bridgehead atoms. The van der Waals surface area contributed by atoms with E-state index < -0.39 is 0 Å². The SMILES string of the molecule is C/C=C/CO/C=C(\C)c1ccccc1. The highest BCUT2D eigenvalue weighted by atomic mass is 16.5. The summed E-state index contributed by atoms with van der Waals surface area (Å²) in [5.74, 6) is 0. The van der Waals surface area contributed by atoms with E-state index in [0.29, 0.717) is 6.61 Å². The van der Waals surface area contributed by atoms with Gasteiger partial charge in [-0.3, -0.25) is 0 Å². The van der Waals surface area contributed by atoms with Gasteiger partial charge in [-0.05, 0) is 25.0 Å². The molecule has 0 heterocycles. The number of benzene rings is 1. The second-order valence-electron chi connectivity index (χ2n) is 3.07. The Morgan fingerprint density at radius 3 is 2.64 bits per heavy atom. The molecule has 0 fully saturated rings. The summed E-state index contributed by atoms with van der Waals surface area (Å²) in [7, 11) is 0. The van der Waals surface area contributed by atoms with E-state index in [4.69, 9.17) is 4.74 Å². The lowest BCUT2D eigenvalue weighted by Crippen LogP contribution is -1.84. The fourth-order valence-corrected chi connectivity index (χ4v) is 1.09.